The number of fused-ring (bicyclic) bond motifs is 1. The third-order valence-corrected chi connectivity index (χ3v) is 6.75. The maximum Gasteiger partial charge on any atom is 0.236 e. The number of carbonyl (C=O) groups is 1. The first-order valence-electron chi connectivity index (χ1n) is 12.0. The van der Waals surface area contributed by atoms with E-state index in [0.717, 1.165) is 29.5 Å². The predicted octanol–water partition coefficient (Wildman–Crippen LogP) is 3.36. The molecule has 1 saturated heterocycles. The quantitative estimate of drug-likeness (QED) is 0.552. The zero-order valence-corrected chi connectivity index (χ0v) is 20.0. The van der Waals surface area contributed by atoms with E-state index in [2.05, 4.69) is 10.1 Å². The van der Waals surface area contributed by atoms with Gasteiger partial charge in [0.25, 0.3) is 0 Å². The van der Waals surface area contributed by atoms with Crippen molar-refractivity contribution >= 4 is 5.91 Å². The lowest BCUT2D eigenvalue weighted by atomic mass is 9.96. The Morgan fingerprint density at radius 1 is 1.17 bits per heavy atom. The highest BCUT2D eigenvalue weighted by Gasteiger charge is 2.33. The van der Waals surface area contributed by atoms with E-state index < -0.39 is 6.23 Å². The molecule has 2 aromatic carbocycles. The van der Waals surface area contributed by atoms with Crippen molar-refractivity contribution in [3.63, 3.8) is 0 Å². The van der Waals surface area contributed by atoms with Crippen molar-refractivity contribution in [3.8, 4) is 22.9 Å². The Morgan fingerprint density at radius 3 is 2.71 bits per heavy atom. The van der Waals surface area contributed by atoms with Gasteiger partial charge in [0.1, 0.15) is 6.23 Å². The van der Waals surface area contributed by atoms with Crippen molar-refractivity contribution in [3.05, 3.63) is 59.5 Å². The molecule has 1 atom stereocenters. The summed E-state index contributed by atoms with van der Waals surface area (Å²) < 4.78 is 16.6. The number of likely N-dealkylation sites (tertiary alicyclic amines) is 1. The van der Waals surface area contributed by atoms with Gasteiger partial charge in [-0.2, -0.15) is 4.98 Å². The van der Waals surface area contributed by atoms with Crippen molar-refractivity contribution in [1.29, 1.82) is 0 Å². The summed E-state index contributed by atoms with van der Waals surface area (Å²) in [4.78, 5) is 21.2. The topological polar surface area (TPSA) is 101 Å². The third-order valence-electron chi connectivity index (χ3n) is 6.75. The highest BCUT2D eigenvalue weighted by atomic mass is 16.5. The number of piperidine rings is 1. The van der Waals surface area contributed by atoms with Gasteiger partial charge in [-0.15, -0.1) is 0 Å². The normalized spacial score (nSPS) is 18.5. The monoisotopic (exact) mass is 478 g/mol. The number of nitrogens with zero attached hydrogens (tertiary/aromatic N) is 4. The largest absolute Gasteiger partial charge is 0.493 e. The summed E-state index contributed by atoms with van der Waals surface area (Å²) >= 11 is 0. The molecule has 1 amide bonds. The van der Waals surface area contributed by atoms with Crippen LogP contribution in [0.3, 0.4) is 0 Å². The van der Waals surface area contributed by atoms with Crippen LogP contribution >= 0.6 is 0 Å². The number of aliphatic hydroxyl groups is 1. The van der Waals surface area contributed by atoms with Crippen molar-refractivity contribution in [1.82, 2.24) is 19.9 Å². The Morgan fingerprint density at radius 2 is 1.97 bits per heavy atom. The molecule has 35 heavy (non-hydrogen) atoms. The number of aromatic nitrogens is 2. The second-order valence-electron chi connectivity index (χ2n) is 8.89. The number of ether oxygens (including phenoxy) is 2. The number of rotatable bonds is 7. The molecule has 2 aliphatic rings. The minimum atomic E-state index is -0.731. The number of methoxy groups -OCH3 is 1. The van der Waals surface area contributed by atoms with Crippen LogP contribution in [0.1, 0.15) is 48.9 Å². The van der Waals surface area contributed by atoms with Crippen LogP contribution in [0.5, 0.6) is 11.5 Å². The molecule has 3 aromatic rings. The van der Waals surface area contributed by atoms with E-state index in [-0.39, 0.29) is 18.4 Å². The molecule has 0 radical (unpaired) electrons. The molecule has 0 saturated carbocycles. The van der Waals surface area contributed by atoms with Gasteiger partial charge in [-0.25, -0.2) is 0 Å². The van der Waals surface area contributed by atoms with E-state index in [4.69, 9.17) is 14.0 Å². The lowest BCUT2D eigenvalue weighted by Crippen LogP contribution is -2.43. The number of carbonyl (C=O) groups excluding carboxylic acids is 1. The molecule has 1 fully saturated rings. The molecule has 0 aliphatic carbocycles. The highest BCUT2D eigenvalue weighted by molar-refractivity contribution is 5.78. The summed E-state index contributed by atoms with van der Waals surface area (Å²) in [7, 11) is 1.60. The molecule has 9 nitrogen and oxygen atoms in total. The van der Waals surface area contributed by atoms with Crippen LogP contribution in [0.4, 0.5) is 0 Å². The smallest absolute Gasteiger partial charge is 0.236 e. The van der Waals surface area contributed by atoms with Gasteiger partial charge >= 0.3 is 0 Å². The molecular formula is C26H30N4O5. The number of hydrogen-bond acceptors (Lipinski definition) is 8. The Bertz CT molecular complexity index is 1190. The number of hydrogen-bond donors (Lipinski definition) is 1. The van der Waals surface area contributed by atoms with E-state index >= 15 is 0 Å². The molecule has 0 bridgehead atoms. The number of amides is 1. The second-order valence-corrected chi connectivity index (χ2v) is 8.89. The SMILES string of the molecule is CCOc1ccc(-c2noc(C3CCN(C(=O)CN4Cc5ccccc5C4O)CC3)n2)cc1OC. The van der Waals surface area contributed by atoms with Crippen LogP contribution in [-0.2, 0) is 11.3 Å². The zero-order chi connectivity index (χ0) is 24.4. The zero-order valence-electron chi connectivity index (χ0n) is 20.0. The van der Waals surface area contributed by atoms with Crippen molar-refractivity contribution in [2.24, 2.45) is 0 Å². The van der Waals surface area contributed by atoms with Crippen LogP contribution in [0.15, 0.2) is 47.0 Å². The van der Waals surface area contributed by atoms with Gasteiger partial charge in [0, 0.05) is 31.1 Å². The summed E-state index contributed by atoms with van der Waals surface area (Å²) in [5.41, 5.74) is 2.75. The predicted molar refractivity (Wildman–Crippen MR) is 128 cm³/mol. The summed E-state index contributed by atoms with van der Waals surface area (Å²) in [6.07, 6.45) is 0.775. The fourth-order valence-corrected chi connectivity index (χ4v) is 4.82. The fraction of sp³-hybridized carbons (Fsp3) is 0.423. The lowest BCUT2D eigenvalue weighted by Gasteiger charge is -2.32. The first-order valence-corrected chi connectivity index (χ1v) is 12.0. The summed E-state index contributed by atoms with van der Waals surface area (Å²) in [5.74, 6) is 2.51. The molecule has 1 aromatic heterocycles. The first-order chi connectivity index (χ1) is 17.1. The lowest BCUT2D eigenvalue weighted by molar-refractivity contribution is -0.136. The molecule has 2 aliphatic heterocycles. The van der Waals surface area contributed by atoms with Gasteiger partial charge in [-0.3, -0.25) is 9.69 Å². The molecule has 184 valence electrons. The summed E-state index contributed by atoms with van der Waals surface area (Å²) in [6.45, 7) is 4.50. The first kappa shape index (κ1) is 23.3. The summed E-state index contributed by atoms with van der Waals surface area (Å²) in [5, 5.41) is 14.7. The van der Waals surface area contributed by atoms with Gasteiger partial charge in [-0.1, -0.05) is 29.4 Å². The Labute approximate surface area is 204 Å². The fourth-order valence-electron chi connectivity index (χ4n) is 4.82. The Hall–Kier alpha value is -3.43. The molecule has 9 heteroatoms. The maximum absolute atomic E-state index is 12.9. The van der Waals surface area contributed by atoms with Crippen molar-refractivity contribution in [2.45, 2.75) is 38.5 Å². The molecule has 0 spiro atoms. The van der Waals surface area contributed by atoms with E-state index in [1.165, 1.54) is 0 Å². The average Bonchev–Trinajstić information content (AvgIpc) is 3.50. The van der Waals surface area contributed by atoms with Crippen molar-refractivity contribution in [2.75, 3.05) is 33.4 Å². The van der Waals surface area contributed by atoms with Gasteiger partial charge in [0.15, 0.2) is 11.5 Å². The van der Waals surface area contributed by atoms with Gasteiger partial charge in [0.05, 0.1) is 20.3 Å². The molecule has 1 unspecified atom stereocenters. The van der Waals surface area contributed by atoms with Gasteiger partial charge in [0.2, 0.25) is 17.6 Å². The van der Waals surface area contributed by atoms with Crippen LogP contribution in [0, 0.1) is 0 Å². The Balaban J connectivity index is 1.17. The van der Waals surface area contributed by atoms with Crippen molar-refractivity contribution < 1.29 is 23.9 Å². The van der Waals surface area contributed by atoms with Crippen LogP contribution in [0.25, 0.3) is 11.4 Å². The third kappa shape index (κ3) is 4.74. The minimum Gasteiger partial charge on any atom is -0.493 e. The summed E-state index contributed by atoms with van der Waals surface area (Å²) in [6, 6.07) is 13.3. The van der Waals surface area contributed by atoms with E-state index in [1.54, 1.807) is 7.11 Å². The minimum absolute atomic E-state index is 0.0306. The van der Waals surface area contributed by atoms with E-state index in [0.29, 0.717) is 49.5 Å². The molecular weight excluding hydrogens is 448 g/mol. The van der Waals surface area contributed by atoms with Crippen LogP contribution in [-0.4, -0.2) is 64.3 Å². The second kappa shape index (κ2) is 10.1. The van der Waals surface area contributed by atoms with Gasteiger partial charge < -0.3 is 24.0 Å². The van der Waals surface area contributed by atoms with Crippen LogP contribution < -0.4 is 9.47 Å². The molecule has 1 N–H and O–H groups in total. The highest BCUT2D eigenvalue weighted by Crippen LogP contribution is 2.34. The number of aliphatic hydroxyl groups excluding tert-OH is 1. The van der Waals surface area contributed by atoms with Crippen LogP contribution in [0.2, 0.25) is 0 Å². The van der Waals surface area contributed by atoms with Gasteiger partial charge in [-0.05, 0) is 49.1 Å². The standard InChI is InChI=1S/C26H30N4O5/c1-3-34-21-9-8-18(14-22(21)33-2)24-27-25(35-28-24)17-10-12-29(13-11-17)23(31)16-30-15-19-6-4-5-7-20(19)26(30)32/h4-9,14,17,26,32H,3,10-13,15-16H2,1-2H3. The average molecular weight is 479 g/mol. The molecule has 5 rings (SSSR count). The van der Waals surface area contributed by atoms with E-state index in [1.807, 2.05) is 59.2 Å². The maximum atomic E-state index is 12.9. The Kier molecular flexibility index (Phi) is 6.70. The number of benzene rings is 2. The molecule has 3 heterocycles. The van der Waals surface area contributed by atoms with E-state index in [9.17, 15) is 9.90 Å².